The maximum Gasteiger partial charge on any atom is 0.203 e. The first-order valence-corrected chi connectivity index (χ1v) is 5.98. The molecule has 0 aliphatic carbocycles. The number of hydrogen-bond acceptors (Lipinski definition) is 3. The molecule has 0 aliphatic rings. The average molecular weight is 250 g/mol. The lowest BCUT2D eigenvalue weighted by atomic mass is 9.99. The molecular formula is C15H22O3. The molecule has 18 heavy (non-hydrogen) atoms. The van der Waals surface area contributed by atoms with E-state index in [1.54, 1.807) is 21.3 Å². The summed E-state index contributed by atoms with van der Waals surface area (Å²) in [6, 6.07) is 1.98. The maximum atomic E-state index is 5.49. The second-order valence-electron chi connectivity index (χ2n) is 4.40. The summed E-state index contributed by atoms with van der Waals surface area (Å²) in [6.07, 6.45) is 1.83. The van der Waals surface area contributed by atoms with Crippen LogP contribution in [0.15, 0.2) is 18.2 Å². The van der Waals surface area contributed by atoms with E-state index in [-0.39, 0.29) is 0 Å². The number of aryl methyl sites for hydroxylation is 1. The van der Waals surface area contributed by atoms with Crippen LogP contribution in [0.25, 0.3) is 0 Å². The Hall–Kier alpha value is -1.64. The minimum absolute atomic E-state index is 0.655. The highest BCUT2D eigenvalue weighted by Crippen LogP contribution is 2.42. The highest BCUT2D eigenvalue weighted by atomic mass is 16.5. The predicted molar refractivity (Wildman–Crippen MR) is 74.0 cm³/mol. The van der Waals surface area contributed by atoms with Crippen molar-refractivity contribution in [1.29, 1.82) is 0 Å². The van der Waals surface area contributed by atoms with Gasteiger partial charge in [-0.25, -0.2) is 0 Å². The van der Waals surface area contributed by atoms with Gasteiger partial charge in [0.15, 0.2) is 11.5 Å². The highest BCUT2D eigenvalue weighted by molar-refractivity contribution is 5.59. The van der Waals surface area contributed by atoms with E-state index in [0.29, 0.717) is 11.5 Å². The minimum Gasteiger partial charge on any atom is -0.493 e. The molecule has 0 saturated carbocycles. The van der Waals surface area contributed by atoms with E-state index in [9.17, 15) is 0 Å². The Morgan fingerprint density at radius 1 is 1.11 bits per heavy atom. The van der Waals surface area contributed by atoms with Crippen molar-refractivity contribution in [3.8, 4) is 17.2 Å². The summed E-state index contributed by atoms with van der Waals surface area (Å²) in [7, 11) is 4.91. The molecule has 100 valence electrons. The largest absolute Gasteiger partial charge is 0.493 e. The number of benzene rings is 1. The molecule has 3 nitrogen and oxygen atoms in total. The van der Waals surface area contributed by atoms with Crippen LogP contribution in [0.5, 0.6) is 17.2 Å². The third-order valence-electron chi connectivity index (χ3n) is 2.96. The number of hydrogen-bond donors (Lipinski definition) is 0. The third kappa shape index (κ3) is 2.97. The van der Waals surface area contributed by atoms with E-state index >= 15 is 0 Å². The molecule has 1 rings (SSSR count). The molecule has 0 aliphatic heterocycles. The van der Waals surface area contributed by atoms with Gasteiger partial charge < -0.3 is 14.2 Å². The van der Waals surface area contributed by atoms with Crippen LogP contribution in [0.2, 0.25) is 0 Å². The minimum atomic E-state index is 0.655. The van der Waals surface area contributed by atoms with Gasteiger partial charge in [-0.2, -0.15) is 0 Å². The van der Waals surface area contributed by atoms with Gasteiger partial charge in [-0.05, 0) is 38.3 Å². The number of allylic oxidation sites excluding steroid dienone is 1. The Morgan fingerprint density at radius 3 is 2.17 bits per heavy atom. The Kier molecular flexibility index (Phi) is 5.08. The van der Waals surface area contributed by atoms with Crippen LogP contribution in [0.4, 0.5) is 0 Å². The molecule has 0 radical (unpaired) electrons. The van der Waals surface area contributed by atoms with Crippen molar-refractivity contribution >= 4 is 0 Å². The first kappa shape index (κ1) is 14.4. The van der Waals surface area contributed by atoms with Gasteiger partial charge in [-0.15, -0.1) is 6.58 Å². The van der Waals surface area contributed by atoms with E-state index in [2.05, 4.69) is 13.5 Å². The van der Waals surface area contributed by atoms with E-state index in [1.807, 2.05) is 13.0 Å². The molecule has 0 amide bonds. The van der Waals surface area contributed by atoms with E-state index < -0.39 is 0 Å². The fourth-order valence-corrected chi connectivity index (χ4v) is 1.99. The van der Waals surface area contributed by atoms with Crippen molar-refractivity contribution < 1.29 is 14.2 Å². The molecule has 0 aromatic heterocycles. The summed E-state index contributed by atoms with van der Waals surface area (Å²) in [5, 5.41) is 0. The Morgan fingerprint density at radius 2 is 1.72 bits per heavy atom. The van der Waals surface area contributed by atoms with Crippen molar-refractivity contribution in [2.24, 2.45) is 0 Å². The molecule has 0 N–H and O–H groups in total. The Labute approximate surface area is 109 Å². The van der Waals surface area contributed by atoms with Gasteiger partial charge in [0.1, 0.15) is 0 Å². The Bertz CT molecular complexity index is 436. The zero-order chi connectivity index (χ0) is 13.7. The quantitative estimate of drug-likeness (QED) is 0.723. The van der Waals surface area contributed by atoms with Crippen molar-refractivity contribution in [3.63, 3.8) is 0 Å². The zero-order valence-corrected chi connectivity index (χ0v) is 11.9. The second kappa shape index (κ2) is 6.34. The average Bonchev–Trinajstić information content (AvgIpc) is 2.35. The van der Waals surface area contributed by atoms with Gasteiger partial charge in [0.25, 0.3) is 0 Å². The first-order chi connectivity index (χ1) is 8.54. The molecular weight excluding hydrogens is 228 g/mol. The van der Waals surface area contributed by atoms with Crippen LogP contribution in [-0.4, -0.2) is 21.3 Å². The molecule has 1 aromatic rings. The molecule has 1 aromatic carbocycles. The van der Waals surface area contributed by atoms with Crippen molar-refractivity contribution in [1.82, 2.24) is 0 Å². The fourth-order valence-electron chi connectivity index (χ4n) is 1.99. The summed E-state index contributed by atoms with van der Waals surface area (Å²) in [5.74, 6) is 2.11. The lowest BCUT2D eigenvalue weighted by Gasteiger charge is -2.18. The molecule has 0 spiro atoms. The first-order valence-electron chi connectivity index (χ1n) is 5.98. The van der Waals surface area contributed by atoms with Gasteiger partial charge in [0.05, 0.1) is 21.3 Å². The van der Waals surface area contributed by atoms with Gasteiger partial charge in [0, 0.05) is 5.56 Å². The number of rotatable bonds is 6. The summed E-state index contributed by atoms with van der Waals surface area (Å²) in [5.41, 5.74) is 3.45. The van der Waals surface area contributed by atoms with Gasteiger partial charge in [-0.1, -0.05) is 5.57 Å². The number of ether oxygens (including phenoxy) is 3. The summed E-state index contributed by atoms with van der Waals surface area (Å²) in [4.78, 5) is 0. The summed E-state index contributed by atoms with van der Waals surface area (Å²) >= 11 is 0. The molecule has 0 heterocycles. The van der Waals surface area contributed by atoms with E-state index in [0.717, 1.165) is 35.3 Å². The van der Waals surface area contributed by atoms with Crippen LogP contribution in [0.3, 0.4) is 0 Å². The standard InChI is InChI=1S/C15H22O3/c1-10(2)7-8-12-11(3)9-13(16-4)15(18-6)14(12)17-5/h9H,1,7-8H2,2-6H3. The number of methoxy groups -OCH3 is 3. The van der Waals surface area contributed by atoms with Gasteiger partial charge in [-0.3, -0.25) is 0 Å². The molecule has 0 atom stereocenters. The van der Waals surface area contributed by atoms with Gasteiger partial charge >= 0.3 is 0 Å². The molecule has 0 fully saturated rings. The molecule has 0 unspecified atom stereocenters. The van der Waals surface area contributed by atoms with Crippen LogP contribution in [0, 0.1) is 6.92 Å². The fraction of sp³-hybridized carbons (Fsp3) is 0.467. The van der Waals surface area contributed by atoms with Gasteiger partial charge in [0.2, 0.25) is 5.75 Å². The molecule has 3 heteroatoms. The van der Waals surface area contributed by atoms with Crippen LogP contribution in [-0.2, 0) is 6.42 Å². The normalized spacial score (nSPS) is 10.1. The second-order valence-corrected chi connectivity index (χ2v) is 4.40. The molecule has 0 saturated heterocycles. The lowest BCUT2D eigenvalue weighted by molar-refractivity contribution is 0.321. The summed E-state index contributed by atoms with van der Waals surface area (Å²) < 4.78 is 16.2. The van der Waals surface area contributed by atoms with Crippen molar-refractivity contribution in [3.05, 3.63) is 29.3 Å². The SMILES string of the molecule is C=C(C)CCc1c(C)cc(OC)c(OC)c1OC. The van der Waals surface area contributed by atoms with Crippen molar-refractivity contribution in [2.75, 3.05) is 21.3 Å². The van der Waals surface area contributed by atoms with Crippen LogP contribution < -0.4 is 14.2 Å². The van der Waals surface area contributed by atoms with E-state index in [1.165, 1.54) is 0 Å². The topological polar surface area (TPSA) is 27.7 Å². The maximum absolute atomic E-state index is 5.49. The smallest absolute Gasteiger partial charge is 0.203 e. The lowest BCUT2D eigenvalue weighted by Crippen LogP contribution is -2.02. The van der Waals surface area contributed by atoms with Crippen LogP contribution >= 0.6 is 0 Å². The predicted octanol–water partition coefficient (Wildman–Crippen LogP) is 3.53. The third-order valence-corrected chi connectivity index (χ3v) is 2.96. The summed E-state index contributed by atoms with van der Waals surface area (Å²) in [6.45, 7) is 8.02. The van der Waals surface area contributed by atoms with Crippen molar-refractivity contribution in [2.45, 2.75) is 26.7 Å². The highest BCUT2D eigenvalue weighted by Gasteiger charge is 2.18. The monoisotopic (exact) mass is 250 g/mol. The molecule has 0 bridgehead atoms. The van der Waals surface area contributed by atoms with E-state index in [4.69, 9.17) is 14.2 Å². The zero-order valence-electron chi connectivity index (χ0n) is 11.9. The Balaban J connectivity index is 3.27. The van der Waals surface area contributed by atoms with Crippen LogP contribution in [0.1, 0.15) is 24.5 Å².